The lowest BCUT2D eigenvalue weighted by Gasteiger charge is -2.08. The van der Waals surface area contributed by atoms with Crippen molar-refractivity contribution in [1.82, 2.24) is 5.32 Å². The molecule has 0 aromatic carbocycles. The summed E-state index contributed by atoms with van der Waals surface area (Å²) in [6.45, 7) is 1.51. The van der Waals surface area contributed by atoms with Gasteiger partial charge in [-0.1, -0.05) is 12.8 Å². The molecule has 0 aromatic rings. The molecule has 4 nitrogen and oxygen atoms in total. The van der Waals surface area contributed by atoms with Gasteiger partial charge in [-0.25, -0.2) is 0 Å². The fraction of sp³-hybridized carbons (Fsp3) is 0.818. The zero-order valence-electron chi connectivity index (χ0n) is 8.90. The zero-order valence-corrected chi connectivity index (χ0v) is 8.90. The Hall–Kier alpha value is -1.06. The number of fused-ring (bicyclic) bond motifs is 1. The minimum Gasteiger partial charge on any atom is -0.480 e. The zero-order chi connectivity index (χ0) is 11.0. The Labute approximate surface area is 89.0 Å². The Bertz CT molecular complexity index is 278. The lowest BCUT2D eigenvalue weighted by molar-refractivity contribution is -0.141. The maximum atomic E-state index is 11.7. The van der Waals surface area contributed by atoms with Crippen LogP contribution in [-0.4, -0.2) is 23.0 Å². The topological polar surface area (TPSA) is 66.4 Å². The van der Waals surface area contributed by atoms with E-state index in [9.17, 15) is 9.59 Å². The first-order valence-electron chi connectivity index (χ1n) is 5.64. The van der Waals surface area contributed by atoms with Gasteiger partial charge in [0.25, 0.3) is 0 Å². The molecular weight excluding hydrogens is 194 g/mol. The molecule has 15 heavy (non-hydrogen) atoms. The molecule has 0 bridgehead atoms. The summed E-state index contributed by atoms with van der Waals surface area (Å²) in [5.74, 6) is 0.169. The van der Waals surface area contributed by atoms with E-state index >= 15 is 0 Å². The quantitative estimate of drug-likeness (QED) is 0.732. The molecule has 3 atom stereocenters. The second kappa shape index (κ2) is 3.83. The van der Waals surface area contributed by atoms with E-state index in [-0.39, 0.29) is 11.8 Å². The Morgan fingerprint density at radius 1 is 1.27 bits per heavy atom. The molecule has 2 rings (SSSR count). The van der Waals surface area contributed by atoms with Crippen LogP contribution in [0.2, 0.25) is 0 Å². The average Bonchev–Trinajstić information content (AvgIpc) is 2.91. The van der Waals surface area contributed by atoms with E-state index in [4.69, 9.17) is 5.11 Å². The summed E-state index contributed by atoms with van der Waals surface area (Å²) in [6.07, 6.45) is 4.73. The second-order valence-electron chi connectivity index (χ2n) is 4.71. The van der Waals surface area contributed by atoms with E-state index in [0.717, 1.165) is 12.8 Å². The van der Waals surface area contributed by atoms with E-state index in [1.54, 1.807) is 0 Å². The number of hydrogen-bond acceptors (Lipinski definition) is 2. The normalized spacial score (nSPS) is 35.1. The van der Waals surface area contributed by atoms with Gasteiger partial charge in [0, 0.05) is 5.92 Å². The number of carboxylic acid groups (broad SMARTS) is 1. The molecule has 2 aliphatic carbocycles. The Morgan fingerprint density at radius 3 is 2.27 bits per heavy atom. The third kappa shape index (κ3) is 1.98. The van der Waals surface area contributed by atoms with Crippen molar-refractivity contribution >= 4 is 11.9 Å². The number of carboxylic acids is 1. The highest BCUT2D eigenvalue weighted by molar-refractivity contribution is 5.86. The van der Waals surface area contributed by atoms with E-state index in [1.165, 1.54) is 19.8 Å². The minimum absolute atomic E-state index is 0.0539. The second-order valence-corrected chi connectivity index (χ2v) is 4.71. The number of rotatable bonds is 3. The average molecular weight is 211 g/mol. The number of amides is 1. The molecule has 0 radical (unpaired) electrons. The minimum atomic E-state index is -0.966. The van der Waals surface area contributed by atoms with E-state index in [1.807, 2.05) is 0 Å². The van der Waals surface area contributed by atoms with Crippen LogP contribution in [0.25, 0.3) is 0 Å². The summed E-state index contributed by atoms with van der Waals surface area (Å²) in [4.78, 5) is 22.3. The van der Waals surface area contributed by atoms with Gasteiger partial charge < -0.3 is 10.4 Å². The molecule has 0 saturated heterocycles. The van der Waals surface area contributed by atoms with Crippen molar-refractivity contribution in [2.24, 2.45) is 17.8 Å². The maximum absolute atomic E-state index is 11.7. The molecule has 1 amide bonds. The predicted octanol–water partition coefficient (Wildman–Crippen LogP) is 1.01. The summed E-state index contributed by atoms with van der Waals surface area (Å²) < 4.78 is 0. The smallest absolute Gasteiger partial charge is 0.325 e. The monoisotopic (exact) mass is 211 g/mol. The molecule has 3 unspecified atom stereocenters. The standard InChI is InChI=1S/C11H17NO3/c1-6(11(14)15)12-10(13)9-7-4-2-3-5-8(7)9/h6-9H,2-5H2,1H3,(H,12,13)(H,14,15). The van der Waals surface area contributed by atoms with Gasteiger partial charge in [-0.15, -0.1) is 0 Å². The number of hydrogen-bond donors (Lipinski definition) is 2. The van der Waals surface area contributed by atoms with Crippen LogP contribution in [0.5, 0.6) is 0 Å². The van der Waals surface area contributed by atoms with Crippen LogP contribution in [0.3, 0.4) is 0 Å². The van der Waals surface area contributed by atoms with Crippen molar-refractivity contribution in [2.75, 3.05) is 0 Å². The molecule has 2 saturated carbocycles. The van der Waals surface area contributed by atoms with Crippen LogP contribution in [0, 0.1) is 17.8 Å². The first-order valence-corrected chi connectivity index (χ1v) is 5.64. The lowest BCUT2D eigenvalue weighted by Crippen LogP contribution is -2.39. The highest BCUT2D eigenvalue weighted by Gasteiger charge is 2.54. The molecule has 0 aliphatic heterocycles. The third-order valence-electron chi connectivity index (χ3n) is 3.69. The van der Waals surface area contributed by atoms with Gasteiger partial charge in [0.05, 0.1) is 0 Å². The Morgan fingerprint density at radius 2 is 1.80 bits per heavy atom. The van der Waals surface area contributed by atoms with Crippen molar-refractivity contribution in [2.45, 2.75) is 38.6 Å². The SMILES string of the molecule is CC(NC(=O)C1C2CCCCC21)C(=O)O. The van der Waals surface area contributed by atoms with Crippen molar-refractivity contribution in [1.29, 1.82) is 0 Å². The van der Waals surface area contributed by atoms with Crippen LogP contribution in [0.4, 0.5) is 0 Å². The van der Waals surface area contributed by atoms with Crippen LogP contribution in [0.15, 0.2) is 0 Å². The third-order valence-corrected chi connectivity index (χ3v) is 3.69. The van der Waals surface area contributed by atoms with Gasteiger partial charge in [0.1, 0.15) is 6.04 Å². The molecule has 2 fully saturated rings. The van der Waals surface area contributed by atoms with Crippen LogP contribution >= 0.6 is 0 Å². The van der Waals surface area contributed by atoms with Crippen molar-refractivity contribution < 1.29 is 14.7 Å². The molecule has 2 N–H and O–H groups in total. The summed E-state index contributed by atoms with van der Waals surface area (Å²) in [7, 11) is 0. The van der Waals surface area contributed by atoms with Gasteiger partial charge in [-0.3, -0.25) is 9.59 Å². The van der Waals surface area contributed by atoms with Crippen molar-refractivity contribution in [3.05, 3.63) is 0 Å². The first-order chi connectivity index (χ1) is 7.11. The van der Waals surface area contributed by atoms with Gasteiger partial charge in [-0.2, -0.15) is 0 Å². The van der Waals surface area contributed by atoms with Gasteiger partial charge in [0.15, 0.2) is 0 Å². The summed E-state index contributed by atoms with van der Waals surface area (Å²) in [5, 5.41) is 11.2. The maximum Gasteiger partial charge on any atom is 0.325 e. The fourth-order valence-electron chi connectivity index (χ4n) is 2.75. The van der Waals surface area contributed by atoms with Crippen LogP contribution in [-0.2, 0) is 9.59 Å². The number of aliphatic carboxylic acids is 1. The van der Waals surface area contributed by atoms with Crippen LogP contribution < -0.4 is 5.32 Å². The van der Waals surface area contributed by atoms with E-state index in [2.05, 4.69) is 5.32 Å². The lowest BCUT2D eigenvalue weighted by atomic mass is 10.0. The molecule has 0 heterocycles. The van der Waals surface area contributed by atoms with Gasteiger partial charge in [-0.05, 0) is 31.6 Å². The van der Waals surface area contributed by atoms with Gasteiger partial charge >= 0.3 is 5.97 Å². The molecule has 0 aromatic heterocycles. The molecule has 84 valence electrons. The Balaban J connectivity index is 1.85. The van der Waals surface area contributed by atoms with Crippen molar-refractivity contribution in [3.63, 3.8) is 0 Å². The molecule has 0 spiro atoms. The van der Waals surface area contributed by atoms with Gasteiger partial charge in [0.2, 0.25) is 5.91 Å². The van der Waals surface area contributed by atoms with Crippen molar-refractivity contribution in [3.8, 4) is 0 Å². The number of nitrogens with one attached hydrogen (secondary N) is 1. The highest BCUT2D eigenvalue weighted by Crippen LogP contribution is 2.55. The summed E-state index contributed by atoms with van der Waals surface area (Å²) in [5.41, 5.74) is 0. The molecular formula is C11H17NO3. The number of carbonyl (C=O) groups is 2. The highest BCUT2D eigenvalue weighted by atomic mass is 16.4. The van der Waals surface area contributed by atoms with E-state index in [0.29, 0.717) is 11.8 Å². The first kappa shape index (κ1) is 10.5. The molecule has 2 aliphatic rings. The van der Waals surface area contributed by atoms with E-state index < -0.39 is 12.0 Å². The number of carbonyl (C=O) groups excluding carboxylic acids is 1. The van der Waals surface area contributed by atoms with Crippen LogP contribution in [0.1, 0.15) is 32.6 Å². The largest absolute Gasteiger partial charge is 0.480 e. The summed E-state index contributed by atoms with van der Waals surface area (Å²) in [6, 6.07) is -0.764. The summed E-state index contributed by atoms with van der Waals surface area (Å²) >= 11 is 0. The molecule has 4 heteroatoms. The predicted molar refractivity (Wildman–Crippen MR) is 54.2 cm³/mol. The Kier molecular flexibility index (Phi) is 2.67. The fourth-order valence-corrected chi connectivity index (χ4v) is 2.75.